The Hall–Kier alpha value is 0.958. The minimum absolute atomic E-state index is 0. The van der Waals surface area contributed by atoms with Gasteiger partial charge >= 0.3 is 0 Å². The van der Waals surface area contributed by atoms with Crippen LogP contribution in [-0.4, -0.2) is 24.4 Å². The SMILES string of the molecule is [C]#C.[Cl-].[Cl-].[Sb]. The van der Waals surface area contributed by atoms with Gasteiger partial charge in [-0.3, -0.25) is 0 Å². The van der Waals surface area contributed by atoms with Gasteiger partial charge in [-0.15, -0.1) is 6.42 Å². The van der Waals surface area contributed by atoms with Gasteiger partial charge in [-0.25, -0.2) is 0 Å². The minimum Gasteiger partial charge on any atom is -1.00 e. The van der Waals surface area contributed by atoms with E-state index in [1.807, 2.05) is 0 Å². The Morgan fingerprint density at radius 3 is 1.00 bits per heavy atom. The van der Waals surface area contributed by atoms with Gasteiger partial charge < -0.3 is 24.8 Å². The van der Waals surface area contributed by atoms with E-state index in [0.717, 1.165) is 0 Å². The van der Waals surface area contributed by atoms with Gasteiger partial charge in [-0.2, -0.15) is 0 Å². The number of hydrogen-bond donors (Lipinski definition) is 0. The normalized spacial score (nSPS) is 0.400. The molecule has 0 aliphatic heterocycles. The van der Waals surface area contributed by atoms with Crippen LogP contribution in [0.4, 0.5) is 0 Å². The Morgan fingerprint density at radius 1 is 1.00 bits per heavy atom. The van der Waals surface area contributed by atoms with Crippen LogP contribution in [0.2, 0.25) is 0 Å². The third kappa shape index (κ3) is 47.3. The van der Waals surface area contributed by atoms with E-state index >= 15 is 0 Å². The summed E-state index contributed by atoms with van der Waals surface area (Å²) in [5.74, 6) is 0. The van der Waals surface area contributed by atoms with Crippen LogP contribution in [0.3, 0.4) is 0 Å². The van der Waals surface area contributed by atoms with E-state index in [1.165, 1.54) is 0 Å². The minimum atomic E-state index is 0. The summed E-state index contributed by atoms with van der Waals surface area (Å²) in [6, 6.07) is 0. The zero-order valence-corrected chi connectivity index (χ0v) is 6.35. The zero-order chi connectivity index (χ0) is 2.00. The van der Waals surface area contributed by atoms with E-state index < -0.39 is 0 Å². The monoisotopic (exact) mass is 216 g/mol. The van der Waals surface area contributed by atoms with E-state index in [2.05, 4.69) is 6.42 Å². The summed E-state index contributed by atoms with van der Waals surface area (Å²) < 4.78 is 0. The first-order valence-corrected chi connectivity index (χ1v) is 0.289. The number of rotatable bonds is 0. The largest absolute Gasteiger partial charge is 1.00 e. The Morgan fingerprint density at radius 2 is 1.00 bits per heavy atom. The maximum Gasteiger partial charge on any atom is 0 e. The maximum atomic E-state index is 5.25. The second-order valence-electron chi connectivity index (χ2n) is 0. The molecule has 0 atom stereocenters. The molecule has 0 bridgehead atoms. The van der Waals surface area contributed by atoms with Gasteiger partial charge in [0.15, 0.2) is 0 Å². The molecule has 0 nitrogen and oxygen atoms in total. The van der Waals surface area contributed by atoms with Gasteiger partial charge in [0, 0.05) is 24.4 Å². The molecule has 0 unspecified atom stereocenters. The molecule has 0 saturated heterocycles. The summed E-state index contributed by atoms with van der Waals surface area (Å²) in [5, 5.41) is 0. The van der Waals surface area contributed by atoms with Gasteiger partial charge in [0.1, 0.15) is 0 Å². The van der Waals surface area contributed by atoms with Crippen molar-refractivity contribution in [2.45, 2.75) is 0 Å². The third-order valence-electron chi connectivity index (χ3n) is 0. The molecule has 3 heteroatoms. The first-order chi connectivity index (χ1) is 1.00. The Labute approximate surface area is 62.0 Å². The number of halogens is 2. The van der Waals surface area contributed by atoms with Crippen LogP contribution >= 0.6 is 0 Å². The molecule has 0 spiro atoms. The van der Waals surface area contributed by atoms with Crippen molar-refractivity contribution in [3.8, 4) is 6.42 Å². The van der Waals surface area contributed by atoms with Crippen molar-refractivity contribution in [1.82, 2.24) is 0 Å². The predicted octanol–water partition coefficient (Wildman–Crippen LogP) is -6.17. The number of terminal acetylenes is 1. The van der Waals surface area contributed by atoms with E-state index in [9.17, 15) is 0 Å². The summed E-state index contributed by atoms with van der Waals surface area (Å²) in [6.07, 6.45) is 9.00. The summed E-state index contributed by atoms with van der Waals surface area (Å²) >= 11 is 0. The maximum absolute atomic E-state index is 5.25. The average molecular weight is 218 g/mol. The molecule has 0 N–H and O–H groups in total. The van der Waals surface area contributed by atoms with Crippen molar-refractivity contribution in [2.24, 2.45) is 0 Å². The van der Waals surface area contributed by atoms with E-state index in [1.54, 1.807) is 0 Å². The molecule has 0 heterocycles. The topological polar surface area (TPSA) is 0 Å². The first-order valence-electron chi connectivity index (χ1n) is 0.289. The molecule has 0 fully saturated rings. The molecule has 0 aliphatic carbocycles. The van der Waals surface area contributed by atoms with Gasteiger partial charge in [-0.05, 0) is 6.42 Å². The quantitative estimate of drug-likeness (QED) is 0.280. The Kier molecular flexibility index (Phi) is 646. The third-order valence-corrected chi connectivity index (χ3v) is 0. The molecule has 30 valence electrons. The van der Waals surface area contributed by atoms with Crippen LogP contribution in [-0.2, 0) is 0 Å². The summed E-state index contributed by atoms with van der Waals surface area (Å²) in [4.78, 5) is 0. The van der Waals surface area contributed by atoms with E-state index in [4.69, 9.17) is 6.42 Å². The van der Waals surface area contributed by atoms with Crippen molar-refractivity contribution in [1.29, 1.82) is 0 Å². The van der Waals surface area contributed by atoms with Crippen molar-refractivity contribution in [2.75, 3.05) is 0 Å². The van der Waals surface area contributed by atoms with Gasteiger partial charge in [0.25, 0.3) is 0 Å². The van der Waals surface area contributed by atoms with Crippen molar-refractivity contribution >= 4 is 24.4 Å². The van der Waals surface area contributed by atoms with Crippen LogP contribution in [0.25, 0.3) is 0 Å². The molecule has 5 heavy (non-hydrogen) atoms. The summed E-state index contributed by atoms with van der Waals surface area (Å²) in [5.41, 5.74) is 0. The zero-order valence-electron chi connectivity index (χ0n) is 2.28. The van der Waals surface area contributed by atoms with E-state index in [0.29, 0.717) is 0 Å². The Balaban J connectivity index is -0.00000000167. The molecule has 4 radical (unpaired) electrons. The fraction of sp³-hybridized carbons (Fsp3) is 0. The first kappa shape index (κ1) is 38.2. The smallest absolute Gasteiger partial charge is 0 e. The molecular formula is C2HCl2Sb-2. The molecule has 0 saturated carbocycles. The Bertz CT molecular complexity index is 12.4. The van der Waals surface area contributed by atoms with E-state index in [-0.39, 0.29) is 49.2 Å². The number of hydrogen-bond acceptors (Lipinski definition) is 0. The van der Waals surface area contributed by atoms with Crippen molar-refractivity contribution in [3.05, 3.63) is 6.42 Å². The summed E-state index contributed by atoms with van der Waals surface area (Å²) in [7, 11) is 0. The standard InChI is InChI=1S/C2H.2ClH.Sb/c1-2;;;/h1H;2*1H;/p-2. The molecule has 0 amide bonds. The molecule has 0 aromatic carbocycles. The van der Waals surface area contributed by atoms with Gasteiger partial charge in [0.05, 0.1) is 0 Å². The fourth-order valence-corrected chi connectivity index (χ4v) is 0. The molecule has 0 rings (SSSR count). The van der Waals surface area contributed by atoms with Crippen LogP contribution in [0, 0.1) is 12.8 Å². The van der Waals surface area contributed by atoms with Gasteiger partial charge in [-0.1, -0.05) is 0 Å². The second-order valence-corrected chi connectivity index (χ2v) is 0. The molecule has 0 aromatic rings. The molecule has 0 aliphatic rings. The molecular weight excluding hydrogens is 217 g/mol. The second kappa shape index (κ2) is 84.6. The van der Waals surface area contributed by atoms with Crippen molar-refractivity contribution in [3.63, 3.8) is 0 Å². The van der Waals surface area contributed by atoms with Crippen LogP contribution in [0.5, 0.6) is 0 Å². The average Bonchev–Trinajstić information content (AvgIpc) is 1.00. The summed E-state index contributed by atoms with van der Waals surface area (Å²) in [6.45, 7) is 0. The van der Waals surface area contributed by atoms with Crippen LogP contribution < -0.4 is 24.8 Å². The predicted molar refractivity (Wildman–Crippen MR) is 13.9 cm³/mol. The van der Waals surface area contributed by atoms with Gasteiger partial charge in [0.2, 0.25) is 0 Å². The molecule has 0 aromatic heterocycles. The van der Waals surface area contributed by atoms with Crippen LogP contribution in [0.1, 0.15) is 0 Å². The van der Waals surface area contributed by atoms with Crippen molar-refractivity contribution < 1.29 is 24.8 Å². The van der Waals surface area contributed by atoms with Crippen LogP contribution in [0.15, 0.2) is 0 Å². The fourth-order valence-electron chi connectivity index (χ4n) is 0.